The van der Waals surface area contributed by atoms with Gasteiger partial charge in [0.1, 0.15) is 0 Å². The average Bonchev–Trinajstić information content (AvgIpc) is 2.03. The molecule has 0 unspecified atom stereocenters. The van der Waals surface area contributed by atoms with Crippen molar-refractivity contribution in [2.75, 3.05) is 0 Å². The zero-order chi connectivity index (χ0) is 8.39. The van der Waals surface area contributed by atoms with E-state index in [0.29, 0.717) is 0 Å². The predicted octanol–water partition coefficient (Wildman–Crippen LogP) is 2.67. The van der Waals surface area contributed by atoms with Gasteiger partial charge in [-0.1, -0.05) is 31.2 Å². The Morgan fingerprint density at radius 2 is 1.83 bits per heavy atom. The van der Waals surface area contributed by atoms with Crippen LogP contribution in [0.5, 0.6) is 0 Å². The fourth-order valence-corrected chi connectivity index (χ4v) is 1.23. The average molecular weight is 157 g/mol. The maximum atomic E-state index is 3.93. The SMILES string of the molecule is CCc1ccc(C2=CN=C2)cc1. The summed E-state index contributed by atoms with van der Waals surface area (Å²) < 4.78 is 0. The molecule has 0 radical (unpaired) electrons. The molecular weight excluding hydrogens is 146 g/mol. The highest BCUT2D eigenvalue weighted by atomic mass is 14.7. The van der Waals surface area contributed by atoms with E-state index in [9.17, 15) is 0 Å². The Labute approximate surface area is 72.5 Å². The fraction of sp³-hybridized carbons (Fsp3) is 0.182. The molecule has 0 N–H and O–H groups in total. The molecule has 1 aromatic carbocycles. The van der Waals surface area contributed by atoms with Crippen molar-refractivity contribution in [2.45, 2.75) is 13.3 Å². The van der Waals surface area contributed by atoms with Crippen LogP contribution >= 0.6 is 0 Å². The molecule has 0 spiro atoms. The van der Waals surface area contributed by atoms with E-state index in [4.69, 9.17) is 0 Å². The highest BCUT2D eigenvalue weighted by Crippen LogP contribution is 2.17. The van der Waals surface area contributed by atoms with Crippen LogP contribution in [-0.2, 0) is 6.42 Å². The van der Waals surface area contributed by atoms with Gasteiger partial charge >= 0.3 is 0 Å². The molecular formula is C11H11N. The van der Waals surface area contributed by atoms with E-state index < -0.39 is 0 Å². The summed E-state index contributed by atoms with van der Waals surface area (Å²) in [6.07, 6.45) is 4.88. The van der Waals surface area contributed by atoms with E-state index in [0.717, 1.165) is 6.42 Å². The van der Waals surface area contributed by atoms with Gasteiger partial charge in [-0.15, -0.1) is 0 Å². The molecule has 0 aliphatic carbocycles. The summed E-state index contributed by atoms with van der Waals surface area (Å²) in [6, 6.07) is 8.64. The molecule has 0 bridgehead atoms. The van der Waals surface area contributed by atoms with Crippen molar-refractivity contribution in [2.24, 2.45) is 4.99 Å². The van der Waals surface area contributed by atoms with Crippen molar-refractivity contribution >= 4 is 11.8 Å². The number of rotatable bonds is 2. The van der Waals surface area contributed by atoms with Gasteiger partial charge in [-0.3, -0.25) is 4.99 Å². The molecule has 1 aliphatic heterocycles. The molecule has 1 heterocycles. The Kier molecular flexibility index (Phi) is 1.78. The van der Waals surface area contributed by atoms with E-state index in [1.807, 2.05) is 12.4 Å². The summed E-state index contributed by atoms with van der Waals surface area (Å²) in [4.78, 5) is 3.93. The van der Waals surface area contributed by atoms with Crippen LogP contribution in [0.4, 0.5) is 0 Å². The van der Waals surface area contributed by atoms with Crippen molar-refractivity contribution in [3.05, 3.63) is 41.6 Å². The minimum Gasteiger partial charge on any atom is -0.263 e. The van der Waals surface area contributed by atoms with Crippen LogP contribution in [0.3, 0.4) is 0 Å². The molecule has 0 saturated carbocycles. The minimum atomic E-state index is 1.10. The van der Waals surface area contributed by atoms with Crippen molar-refractivity contribution in [1.82, 2.24) is 0 Å². The quantitative estimate of drug-likeness (QED) is 0.625. The maximum Gasteiger partial charge on any atom is 0.0362 e. The third-order valence-corrected chi connectivity index (χ3v) is 2.12. The van der Waals surface area contributed by atoms with Gasteiger partial charge < -0.3 is 0 Å². The highest BCUT2D eigenvalue weighted by molar-refractivity contribution is 6.14. The number of hydrogen-bond acceptors (Lipinski definition) is 1. The Bertz CT molecular complexity index is 331. The van der Waals surface area contributed by atoms with E-state index >= 15 is 0 Å². The lowest BCUT2D eigenvalue weighted by Gasteiger charge is -2.06. The number of aliphatic imine (C=N–C) groups is 1. The largest absolute Gasteiger partial charge is 0.263 e. The number of nitrogens with zero attached hydrogens (tertiary/aromatic N) is 1. The second-order valence-electron chi connectivity index (χ2n) is 2.91. The van der Waals surface area contributed by atoms with Crippen LogP contribution in [0, 0.1) is 0 Å². The van der Waals surface area contributed by atoms with Crippen LogP contribution in [0.15, 0.2) is 35.5 Å². The predicted molar refractivity (Wildman–Crippen MR) is 52.3 cm³/mol. The normalized spacial score (nSPS) is 13.9. The van der Waals surface area contributed by atoms with E-state index in [1.165, 1.54) is 16.7 Å². The Hall–Kier alpha value is -1.37. The number of benzene rings is 1. The molecule has 0 aromatic heterocycles. The monoisotopic (exact) mass is 157 g/mol. The summed E-state index contributed by atoms with van der Waals surface area (Å²) in [7, 11) is 0. The summed E-state index contributed by atoms with van der Waals surface area (Å²) in [5, 5.41) is 0. The van der Waals surface area contributed by atoms with Crippen LogP contribution in [0.1, 0.15) is 18.1 Å². The smallest absolute Gasteiger partial charge is 0.0362 e. The number of allylic oxidation sites excluding steroid dienone is 1. The number of aryl methyl sites for hydroxylation is 1. The van der Waals surface area contributed by atoms with E-state index in [-0.39, 0.29) is 0 Å². The second-order valence-corrected chi connectivity index (χ2v) is 2.91. The van der Waals surface area contributed by atoms with E-state index in [2.05, 4.69) is 36.2 Å². The lowest BCUT2D eigenvalue weighted by atomic mass is 10.0. The van der Waals surface area contributed by atoms with Gasteiger partial charge in [0.25, 0.3) is 0 Å². The maximum absolute atomic E-state index is 3.93. The molecule has 1 aromatic rings. The molecule has 2 rings (SSSR count). The third-order valence-electron chi connectivity index (χ3n) is 2.12. The fourth-order valence-electron chi connectivity index (χ4n) is 1.23. The van der Waals surface area contributed by atoms with Gasteiger partial charge in [-0.2, -0.15) is 0 Å². The van der Waals surface area contributed by atoms with Crippen LogP contribution in [0.25, 0.3) is 5.57 Å². The first kappa shape index (κ1) is 7.29. The molecule has 1 nitrogen and oxygen atoms in total. The summed E-state index contributed by atoms with van der Waals surface area (Å²) in [6.45, 7) is 2.17. The first-order valence-corrected chi connectivity index (χ1v) is 4.23. The van der Waals surface area contributed by atoms with Crippen molar-refractivity contribution in [3.63, 3.8) is 0 Å². The van der Waals surface area contributed by atoms with Crippen LogP contribution in [0.2, 0.25) is 0 Å². The Morgan fingerprint density at radius 1 is 1.17 bits per heavy atom. The topological polar surface area (TPSA) is 12.4 Å². The van der Waals surface area contributed by atoms with Gasteiger partial charge in [-0.05, 0) is 17.5 Å². The van der Waals surface area contributed by atoms with Gasteiger partial charge in [0.05, 0.1) is 0 Å². The van der Waals surface area contributed by atoms with Crippen molar-refractivity contribution in [3.8, 4) is 0 Å². The summed E-state index contributed by atoms with van der Waals surface area (Å²) in [5.74, 6) is 0. The molecule has 1 heteroatoms. The molecule has 0 fully saturated rings. The van der Waals surface area contributed by atoms with E-state index in [1.54, 1.807) is 0 Å². The zero-order valence-corrected chi connectivity index (χ0v) is 7.12. The van der Waals surface area contributed by atoms with Gasteiger partial charge in [0.15, 0.2) is 0 Å². The summed E-state index contributed by atoms with van der Waals surface area (Å²) >= 11 is 0. The molecule has 12 heavy (non-hydrogen) atoms. The lowest BCUT2D eigenvalue weighted by Crippen LogP contribution is -1.92. The van der Waals surface area contributed by atoms with Gasteiger partial charge in [0, 0.05) is 18.0 Å². The van der Waals surface area contributed by atoms with Crippen LogP contribution < -0.4 is 0 Å². The minimum absolute atomic E-state index is 1.10. The van der Waals surface area contributed by atoms with Crippen molar-refractivity contribution in [1.29, 1.82) is 0 Å². The Balaban J connectivity index is 2.25. The molecule has 0 amide bonds. The molecule has 60 valence electrons. The van der Waals surface area contributed by atoms with Gasteiger partial charge in [0.2, 0.25) is 0 Å². The molecule has 1 aliphatic rings. The third kappa shape index (κ3) is 1.18. The number of hydrogen-bond donors (Lipinski definition) is 0. The standard InChI is InChI=1S/C11H11N/c1-2-9-3-5-10(6-4-9)11-7-12-8-11/h3-8H,2H2,1H3. The molecule has 0 atom stereocenters. The zero-order valence-electron chi connectivity index (χ0n) is 7.12. The second kappa shape index (κ2) is 2.94. The van der Waals surface area contributed by atoms with Crippen LogP contribution in [-0.4, -0.2) is 6.21 Å². The molecule has 0 saturated heterocycles. The van der Waals surface area contributed by atoms with Gasteiger partial charge in [-0.25, -0.2) is 0 Å². The summed E-state index contributed by atoms with van der Waals surface area (Å²) in [5.41, 5.74) is 3.88. The first-order valence-electron chi connectivity index (χ1n) is 4.23. The lowest BCUT2D eigenvalue weighted by molar-refractivity contribution is 1.14. The van der Waals surface area contributed by atoms with Crippen molar-refractivity contribution < 1.29 is 0 Å². The highest BCUT2D eigenvalue weighted by Gasteiger charge is 2.02. The first-order chi connectivity index (χ1) is 5.90. The Morgan fingerprint density at radius 3 is 2.25 bits per heavy atom.